The van der Waals surface area contributed by atoms with Gasteiger partial charge in [-0.05, 0) is 37.5 Å². The summed E-state index contributed by atoms with van der Waals surface area (Å²) < 4.78 is 0. The second-order valence-corrected chi connectivity index (χ2v) is 6.75. The molecule has 0 spiro atoms. The Bertz CT molecular complexity index is 907. The molecule has 3 aromatic rings. The summed E-state index contributed by atoms with van der Waals surface area (Å²) in [6, 6.07) is 6.24. The lowest BCUT2D eigenvalue weighted by molar-refractivity contribution is 0.745. The number of aryl methyl sites for hydroxylation is 1. The Morgan fingerprint density at radius 3 is 2.68 bits per heavy atom. The molecule has 0 atom stereocenters. The van der Waals surface area contributed by atoms with Gasteiger partial charge in [-0.15, -0.1) is 0 Å². The summed E-state index contributed by atoms with van der Waals surface area (Å²) in [4.78, 5) is 17.9. The molecule has 1 aliphatic carbocycles. The van der Waals surface area contributed by atoms with E-state index in [2.05, 4.69) is 30.6 Å². The van der Waals surface area contributed by atoms with Gasteiger partial charge in [-0.25, -0.2) is 9.97 Å². The highest BCUT2D eigenvalue weighted by atomic mass is 35.5. The first kappa shape index (κ1) is 16.0. The summed E-state index contributed by atoms with van der Waals surface area (Å²) in [7, 11) is 0. The Balaban J connectivity index is 1.70. The topological polar surface area (TPSA) is 75.6 Å². The van der Waals surface area contributed by atoms with Gasteiger partial charge in [-0.1, -0.05) is 30.5 Å². The van der Waals surface area contributed by atoms with Crippen molar-refractivity contribution < 1.29 is 0 Å². The first-order valence-electron chi connectivity index (χ1n) is 8.47. The number of hydrogen-bond acceptors (Lipinski definition) is 6. The summed E-state index contributed by atoms with van der Waals surface area (Å²) in [6.45, 7) is 1.97. The predicted octanol–water partition coefficient (Wildman–Crippen LogP) is 4.48. The normalized spacial score (nSPS) is 14.8. The van der Waals surface area contributed by atoms with E-state index in [0.717, 1.165) is 24.1 Å². The van der Waals surface area contributed by atoms with Gasteiger partial charge >= 0.3 is 0 Å². The van der Waals surface area contributed by atoms with Gasteiger partial charge in [0.1, 0.15) is 0 Å². The van der Waals surface area contributed by atoms with Crippen LogP contribution in [0.15, 0.2) is 30.6 Å². The maximum absolute atomic E-state index is 6.23. The summed E-state index contributed by atoms with van der Waals surface area (Å²) in [6.07, 6.45) is 8.08. The zero-order chi connectivity index (χ0) is 17.2. The molecule has 0 aliphatic heterocycles. The van der Waals surface area contributed by atoms with Crippen LogP contribution in [0.4, 0.5) is 17.5 Å². The largest absolute Gasteiger partial charge is 0.351 e. The Morgan fingerprint density at radius 1 is 1.08 bits per heavy atom. The second-order valence-electron chi connectivity index (χ2n) is 6.34. The van der Waals surface area contributed by atoms with Gasteiger partial charge in [0.05, 0.1) is 0 Å². The number of hydrogen-bond donors (Lipinski definition) is 2. The van der Waals surface area contributed by atoms with Crippen LogP contribution < -0.4 is 10.6 Å². The van der Waals surface area contributed by atoms with Crippen molar-refractivity contribution in [3.63, 3.8) is 0 Å². The van der Waals surface area contributed by atoms with E-state index in [4.69, 9.17) is 11.6 Å². The number of nitrogens with one attached hydrogen (secondary N) is 2. The maximum atomic E-state index is 6.23. The average Bonchev–Trinajstić information content (AvgIpc) is 3.11. The second kappa shape index (κ2) is 6.80. The Morgan fingerprint density at radius 2 is 1.88 bits per heavy atom. The number of anilines is 3. The third-order valence-electron chi connectivity index (χ3n) is 4.46. The van der Waals surface area contributed by atoms with Crippen molar-refractivity contribution in [1.82, 2.24) is 19.9 Å². The van der Waals surface area contributed by atoms with Crippen molar-refractivity contribution in [2.75, 3.05) is 10.6 Å². The zero-order valence-electron chi connectivity index (χ0n) is 14.0. The highest BCUT2D eigenvalue weighted by Gasteiger charge is 2.17. The Kier molecular flexibility index (Phi) is 4.36. The van der Waals surface area contributed by atoms with E-state index < -0.39 is 0 Å². The fraction of sp³-hybridized carbons (Fsp3) is 0.333. The van der Waals surface area contributed by atoms with Crippen molar-refractivity contribution in [2.45, 2.75) is 38.6 Å². The van der Waals surface area contributed by atoms with Crippen LogP contribution >= 0.6 is 11.6 Å². The van der Waals surface area contributed by atoms with E-state index in [1.165, 1.54) is 12.8 Å². The van der Waals surface area contributed by atoms with Crippen LogP contribution in [0.5, 0.6) is 0 Å². The molecule has 0 radical (unpaired) electrons. The first-order valence-corrected chi connectivity index (χ1v) is 8.85. The molecule has 2 N–H and O–H groups in total. The van der Waals surface area contributed by atoms with E-state index in [1.54, 1.807) is 12.4 Å². The fourth-order valence-electron chi connectivity index (χ4n) is 3.08. The summed E-state index contributed by atoms with van der Waals surface area (Å²) in [5, 5.41) is 7.43. The van der Waals surface area contributed by atoms with E-state index >= 15 is 0 Å². The summed E-state index contributed by atoms with van der Waals surface area (Å²) >= 11 is 6.23. The molecule has 2 heterocycles. The minimum atomic E-state index is 0.427. The van der Waals surface area contributed by atoms with Gasteiger partial charge in [0.15, 0.2) is 17.0 Å². The van der Waals surface area contributed by atoms with E-state index in [0.29, 0.717) is 34.0 Å². The van der Waals surface area contributed by atoms with Crippen molar-refractivity contribution in [1.29, 1.82) is 0 Å². The van der Waals surface area contributed by atoms with Gasteiger partial charge in [0, 0.05) is 29.1 Å². The maximum Gasteiger partial charge on any atom is 0.227 e. The fourth-order valence-corrected chi connectivity index (χ4v) is 3.26. The molecule has 6 nitrogen and oxygen atoms in total. The van der Waals surface area contributed by atoms with Crippen LogP contribution in [0, 0.1) is 6.92 Å². The Labute approximate surface area is 151 Å². The first-order chi connectivity index (χ1) is 12.2. The number of rotatable bonds is 4. The molecule has 0 unspecified atom stereocenters. The standard InChI is InChI=1S/C18H19ClN6/c1-11-6-7-13(10-14(11)19)22-17-15-16(21-9-8-20-15)24-18(25-17)23-12-4-2-3-5-12/h6-10,12H,2-5H2,1H3,(H2,21,22,23,24,25). The zero-order valence-corrected chi connectivity index (χ0v) is 14.7. The van der Waals surface area contributed by atoms with Gasteiger partial charge in [0.25, 0.3) is 0 Å². The highest BCUT2D eigenvalue weighted by molar-refractivity contribution is 6.31. The lowest BCUT2D eigenvalue weighted by Crippen LogP contribution is -2.17. The summed E-state index contributed by atoms with van der Waals surface area (Å²) in [5.41, 5.74) is 3.09. The van der Waals surface area contributed by atoms with Crippen LogP contribution in [0.2, 0.25) is 5.02 Å². The number of aromatic nitrogens is 4. The molecule has 0 bridgehead atoms. The Hall–Kier alpha value is -2.47. The molecule has 4 rings (SSSR count). The molecule has 1 fully saturated rings. The van der Waals surface area contributed by atoms with Crippen molar-refractivity contribution in [3.05, 3.63) is 41.2 Å². The third kappa shape index (κ3) is 3.49. The van der Waals surface area contributed by atoms with E-state index in [-0.39, 0.29) is 0 Å². The molecule has 0 amide bonds. The summed E-state index contributed by atoms with van der Waals surface area (Å²) in [5.74, 6) is 1.21. The SMILES string of the molecule is Cc1ccc(Nc2nc(NC3CCCC3)nc3nccnc23)cc1Cl. The molecule has 128 valence electrons. The van der Waals surface area contributed by atoms with E-state index in [9.17, 15) is 0 Å². The van der Waals surface area contributed by atoms with Crippen LogP contribution in [-0.4, -0.2) is 26.0 Å². The lowest BCUT2D eigenvalue weighted by atomic mass is 10.2. The van der Waals surface area contributed by atoms with Crippen LogP contribution in [-0.2, 0) is 0 Å². The van der Waals surface area contributed by atoms with Crippen LogP contribution in [0.1, 0.15) is 31.2 Å². The molecule has 1 aliphatic rings. The molecule has 1 aromatic carbocycles. The third-order valence-corrected chi connectivity index (χ3v) is 4.86. The minimum Gasteiger partial charge on any atom is -0.351 e. The quantitative estimate of drug-likeness (QED) is 0.719. The minimum absolute atomic E-state index is 0.427. The van der Waals surface area contributed by atoms with Crippen molar-refractivity contribution in [2.24, 2.45) is 0 Å². The molecular formula is C18H19ClN6. The van der Waals surface area contributed by atoms with Crippen LogP contribution in [0.25, 0.3) is 11.2 Å². The smallest absolute Gasteiger partial charge is 0.227 e. The van der Waals surface area contributed by atoms with Crippen LogP contribution in [0.3, 0.4) is 0 Å². The lowest BCUT2D eigenvalue weighted by Gasteiger charge is -2.14. The van der Waals surface area contributed by atoms with Crippen molar-refractivity contribution >= 4 is 40.2 Å². The number of benzene rings is 1. The van der Waals surface area contributed by atoms with Gasteiger partial charge in [-0.3, -0.25) is 0 Å². The number of halogens is 1. The molecule has 0 saturated heterocycles. The van der Waals surface area contributed by atoms with Crippen molar-refractivity contribution in [3.8, 4) is 0 Å². The molecule has 25 heavy (non-hydrogen) atoms. The predicted molar refractivity (Wildman–Crippen MR) is 100 cm³/mol. The number of fused-ring (bicyclic) bond motifs is 1. The number of nitrogens with zero attached hydrogens (tertiary/aromatic N) is 4. The van der Waals surface area contributed by atoms with Gasteiger partial charge in [0.2, 0.25) is 5.95 Å². The van der Waals surface area contributed by atoms with E-state index in [1.807, 2.05) is 25.1 Å². The average molecular weight is 355 g/mol. The monoisotopic (exact) mass is 354 g/mol. The van der Waals surface area contributed by atoms with Gasteiger partial charge < -0.3 is 10.6 Å². The molecule has 1 saturated carbocycles. The highest BCUT2D eigenvalue weighted by Crippen LogP contribution is 2.27. The van der Waals surface area contributed by atoms with Gasteiger partial charge in [-0.2, -0.15) is 9.97 Å². The molecular weight excluding hydrogens is 336 g/mol. The molecule has 2 aromatic heterocycles. The molecule has 7 heteroatoms.